The van der Waals surface area contributed by atoms with Crippen LogP contribution in [-0.2, 0) is 11.3 Å². The molecule has 1 rings (SSSR count). The van der Waals surface area contributed by atoms with E-state index in [1.165, 1.54) is 6.07 Å². The van der Waals surface area contributed by atoms with Crippen LogP contribution < -0.4 is 10.1 Å². The Labute approximate surface area is 108 Å². The van der Waals surface area contributed by atoms with Crippen LogP contribution in [0, 0.1) is 5.82 Å². The van der Waals surface area contributed by atoms with Crippen molar-refractivity contribution in [3.63, 3.8) is 0 Å². The molecule has 0 aliphatic carbocycles. The van der Waals surface area contributed by atoms with Gasteiger partial charge in [-0.3, -0.25) is 0 Å². The van der Waals surface area contributed by atoms with Crippen molar-refractivity contribution in [2.24, 2.45) is 0 Å². The van der Waals surface area contributed by atoms with E-state index in [1.54, 1.807) is 13.2 Å². The maximum absolute atomic E-state index is 13.7. The number of rotatable bonds is 8. The second-order valence-electron chi connectivity index (χ2n) is 4.50. The summed E-state index contributed by atoms with van der Waals surface area (Å²) < 4.78 is 23.9. The number of hydrogen-bond acceptors (Lipinski definition) is 3. The molecule has 0 bridgehead atoms. The van der Waals surface area contributed by atoms with Gasteiger partial charge in [0.05, 0.1) is 6.61 Å². The Bertz CT molecular complexity index is 356. The van der Waals surface area contributed by atoms with Gasteiger partial charge in [0.15, 0.2) is 11.6 Å². The van der Waals surface area contributed by atoms with Crippen molar-refractivity contribution in [1.82, 2.24) is 5.32 Å². The summed E-state index contributed by atoms with van der Waals surface area (Å²) in [5, 5.41) is 3.24. The molecule has 0 amide bonds. The Balaban J connectivity index is 2.46. The number of halogens is 1. The smallest absolute Gasteiger partial charge is 0.165 e. The van der Waals surface area contributed by atoms with E-state index < -0.39 is 0 Å². The van der Waals surface area contributed by atoms with Crippen LogP contribution in [0.5, 0.6) is 5.75 Å². The van der Waals surface area contributed by atoms with Gasteiger partial charge in [0.25, 0.3) is 0 Å². The monoisotopic (exact) mass is 255 g/mol. The summed E-state index contributed by atoms with van der Waals surface area (Å²) in [6.45, 7) is 5.87. The van der Waals surface area contributed by atoms with Gasteiger partial charge in [0, 0.05) is 32.7 Å². The molecule has 0 aliphatic rings. The lowest BCUT2D eigenvalue weighted by Gasteiger charge is -2.10. The average molecular weight is 255 g/mol. The van der Waals surface area contributed by atoms with Crippen molar-refractivity contribution in [3.05, 3.63) is 29.6 Å². The van der Waals surface area contributed by atoms with Crippen molar-refractivity contribution in [2.75, 3.05) is 20.3 Å². The number of benzene rings is 1. The van der Waals surface area contributed by atoms with Gasteiger partial charge in [-0.1, -0.05) is 19.9 Å². The van der Waals surface area contributed by atoms with Gasteiger partial charge >= 0.3 is 0 Å². The molecule has 18 heavy (non-hydrogen) atoms. The van der Waals surface area contributed by atoms with E-state index in [0.717, 1.165) is 12.0 Å². The highest BCUT2D eigenvalue weighted by Gasteiger charge is 2.05. The quantitative estimate of drug-likeness (QED) is 0.725. The summed E-state index contributed by atoms with van der Waals surface area (Å²) in [7, 11) is 1.64. The summed E-state index contributed by atoms with van der Waals surface area (Å²) in [5.74, 6) is -0.00475. The average Bonchev–Trinajstić information content (AvgIpc) is 2.34. The molecule has 0 saturated heterocycles. The molecule has 0 spiro atoms. The van der Waals surface area contributed by atoms with Gasteiger partial charge in [-0.25, -0.2) is 4.39 Å². The second kappa shape index (κ2) is 8.06. The van der Waals surface area contributed by atoms with Crippen LogP contribution in [0.25, 0.3) is 0 Å². The van der Waals surface area contributed by atoms with Gasteiger partial charge in [0.1, 0.15) is 0 Å². The van der Waals surface area contributed by atoms with Crippen LogP contribution in [0.3, 0.4) is 0 Å². The number of methoxy groups -OCH3 is 1. The lowest BCUT2D eigenvalue weighted by molar-refractivity contribution is 0.170. The third kappa shape index (κ3) is 5.47. The van der Waals surface area contributed by atoms with Crippen molar-refractivity contribution in [1.29, 1.82) is 0 Å². The Morgan fingerprint density at radius 2 is 2.06 bits per heavy atom. The van der Waals surface area contributed by atoms with Gasteiger partial charge in [0.2, 0.25) is 0 Å². The van der Waals surface area contributed by atoms with Crippen LogP contribution >= 0.6 is 0 Å². The first-order valence-corrected chi connectivity index (χ1v) is 6.27. The molecule has 0 saturated carbocycles. The second-order valence-corrected chi connectivity index (χ2v) is 4.50. The molecule has 0 atom stereocenters. The molecule has 4 heteroatoms. The summed E-state index contributed by atoms with van der Waals surface area (Å²) >= 11 is 0. The van der Waals surface area contributed by atoms with Crippen molar-refractivity contribution in [3.8, 4) is 5.75 Å². The molecule has 0 fully saturated rings. The van der Waals surface area contributed by atoms with Crippen LogP contribution in [-0.4, -0.2) is 26.4 Å². The van der Waals surface area contributed by atoms with Crippen LogP contribution in [0.2, 0.25) is 0 Å². The maximum atomic E-state index is 13.7. The molecular formula is C14H22FNO2. The van der Waals surface area contributed by atoms with E-state index in [-0.39, 0.29) is 5.82 Å². The first kappa shape index (κ1) is 14.9. The number of nitrogens with one attached hydrogen (secondary N) is 1. The highest BCUT2D eigenvalue weighted by atomic mass is 19.1. The first-order valence-electron chi connectivity index (χ1n) is 6.27. The predicted molar refractivity (Wildman–Crippen MR) is 70.4 cm³/mol. The first-order chi connectivity index (χ1) is 8.63. The molecule has 3 nitrogen and oxygen atoms in total. The molecule has 0 aliphatic heterocycles. The van der Waals surface area contributed by atoms with Gasteiger partial charge in [-0.15, -0.1) is 0 Å². The van der Waals surface area contributed by atoms with E-state index in [0.29, 0.717) is 31.5 Å². The number of ether oxygens (including phenoxy) is 2. The third-order valence-electron chi connectivity index (χ3n) is 2.46. The fourth-order valence-electron chi connectivity index (χ4n) is 1.48. The SMILES string of the molecule is COCCCOc1ccc(CNC(C)C)cc1F. The summed E-state index contributed by atoms with van der Waals surface area (Å²) in [5.41, 5.74) is 0.922. The lowest BCUT2D eigenvalue weighted by Crippen LogP contribution is -2.21. The van der Waals surface area contributed by atoms with Crippen LogP contribution in [0.1, 0.15) is 25.8 Å². The summed E-state index contributed by atoms with van der Waals surface area (Å²) in [4.78, 5) is 0. The van der Waals surface area contributed by atoms with E-state index in [9.17, 15) is 4.39 Å². The maximum Gasteiger partial charge on any atom is 0.165 e. The lowest BCUT2D eigenvalue weighted by atomic mass is 10.2. The zero-order chi connectivity index (χ0) is 13.4. The number of hydrogen-bond donors (Lipinski definition) is 1. The molecule has 102 valence electrons. The van der Waals surface area contributed by atoms with Gasteiger partial charge in [-0.2, -0.15) is 0 Å². The molecule has 0 radical (unpaired) electrons. The topological polar surface area (TPSA) is 30.5 Å². The molecule has 1 aromatic carbocycles. The largest absolute Gasteiger partial charge is 0.490 e. The molecule has 1 N–H and O–H groups in total. The fourth-order valence-corrected chi connectivity index (χ4v) is 1.48. The zero-order valence-electron chi connectivity index (χ0n) is 11.3. The van der Waals surface area contributed by atoms with Crippen molar-refractivity contribution in [2.45, 2.75) is 32.9 Å². The minimum Gasteiger partial charge on any atom is -0.490 e. The van der Waals surface area contributed by atoms with Crippen LogP contribution in [0.15, 0.2) is 18.2 Å². The molecule has 0 unspecified atom stereocenters. The highest BCUT2D eigenvalue weighted by molar-refractivity contribution is 5.29. The van der Waals surface area contributed by atoms with Crippen LogP contribution in [0.4, 0.5) is 4.39 Å². The van der Waals surface area contributed by atoms with Gasteiger partial charge < -0.3 is 14.8 Å². The van der Waals surface area contributed by atoms with Crippen molar-refractivity contribution < 1.29 is 13.9 Å². The fraction of sp³-hybridized carbons (Fsp3) is 0.571. The minimum absolute atomic E-state index is 0.305. The molecular weight excluding hydrogens is 233 g/mol. The highest BCUT2D eigenvalue weighted by Crippen LogP contribution is 2.18. The van der Waals surface area contributed by atoms with E-state index in [4.69, 9.17) is 9.47 Å². The predicted octanol–water partition coefficient (Wildman–Crippen LogP) is 2.74. The Morgan fingerprint density at radius 1 is 1.28 bits per heavy atom. The molecule has 1 aromatic rings. The van der Waals surface area contributed by atoms with Gasteiger partial charge in [-0.05, 0) is 17.7 Å². The zero-order valence-corrected chi connectivity index (χ0v) is 11.3. The van der Waals surface area contributed by atoms with E-state index in [1.807, 2.05) is 6.07 Å². The normalized spacial score (nSPS) is 10.9. The Kier molecular flexibility index (Phi) is 6.68. The summed E-state index contributed by atoms with van der Waals surface area (Å²) in [6, 6.07) is 5.46. The van der Waals surface area contributed by atoms with Crippen molar-refractivity contribution >= 4 is 0 Å². The Morgan fingerprint density at radius 3 is 2.67 bits per heavy atom. The minimum atomic E-state index is -0.310. The standard InChI is InChI=1S/C14H22FNO2/c1-11(2)16-10-12-5-6-14(13(15)9-12)18-8-4-7-17-3/h5-6,9,11,16H,4,7-8,10H2,1-3H3. The summed E-state index contributed by atoms with van der Waals surface area (Å²) in [6.07, 6.45) is 0.757. The van der Waals surface area contributed by atoms with E-state index in [2.05, 4.69) is 19.2 Å². The third-order valence-corrected chi connectivity index (χ3v) is 2.46. The Hall–Kier alpha value is -1.13. The molecule has 0 aromatic heterocycles. The molecule has 0 heterocycles. The van der Waals surface area contributed by atoms with E-state index >= 15 is 0 Å².